The highest BCUT2D eigenvalue weighted by molar-refractivity contribution is 9.10. The number of carbonyl (C=O) groups is 1. The van der Waals surface area contributed by atoms with E-state index in [1.54, 1.807) is 12.1 Å². The van der Waals surface area contributed by atoms with Gasteiger partial charge in [0.1, 0.15) is 5.82 Å². The fraction of sp³-hybridized carbons (Fsp3) is 0.364. The van der Waals surface area contributed by atoms with Gasteiger partial charge >= 0.3 is 0 Å². The van der Waals surface area contributed by atoms with Crippen molar-refractivity contribution < 1.29 is 9.21 Å². The minimum atomic E-state index is -0.336. The van der Waals surface area contributed by atoms with Gasteiger partial charge in [-0.25, -0.2) is 4.98 Å². The van der Waals surface area contributed by atoms with Crippen molar-refractivity contribution in [2.24, 2.45) is 0 Å². The summed E-state index contributed by atoms with van der Waals surface area (Å²) in [7, 11) is 0. The molecule has 0 saturated heterocycles. The lowest BCUT2D eigenvalue weighted by molar-refractivity contribution is 0.0995. The zero-order chi connectivity index (χ0) is 13.3. The number of rotatable bonds is 2. The molecule has 0 spiro atoms. The number of anilines is 1. The van der Waals surface area contributed by atoms with E-state index in [2.05, 4.69) is 30.6 Å². The van der Waals surface area contributed by atoms with Gasteiger partial charge in [-0.2, -0.15) is 4.37 Å². The van der Waals surface area contributed by atoms with Crippen LogP contribution in [0.25, 0.3) is 0 Å². The number of nitrogens with zero attached hydrogens (tertiary/aromatic N) is 2. The quantitative estimate of drug-likeness (QED) is 0.916. The SMILES string of the molecule is CC(C)(C)c1nsc(NC(=O)c2ccc(Br)o2)n1. The Morgan fingerprint density at radius 3 is 2.67 bits per heavy atom. The van der Waals surface area contributed by atoms with E-state index in [9.17, 15) is 4.79 Å². The van der Waals surface area contributed by atoms with E-state index in [4.69, 9.17) is 4.42 Å². The molecule has 2 aromatic rings. The van der Waals surface area contributed by atoms with Gasteiger partial charge in [0.15, 0.2) is 10.4 Å². The van der Waals surface area contributed by atoms with Crippen molar-refractivity contribution >= 4 is 38.5 Å². The molecule has 2 rings (SSSR count). The first-order valence-electron chi connectivity index (χ1n) is 5.27. The van der Waals surface area contributed by atoms with Gasteiger partial charge in [-0.3, -0.25) is 10.1 Å². The van der Waals surface area contributed by atoms with Crippen molar-refractivity contribution in [1.82, 2.24) is 9.36 Å². The predicted molar refractivity (Wildman–Crippen MR) is 73.0 cm³/mol. The van der Waals surface area contributed by atoms with Crippen LogP contribution in [0.5, 0.6) is 0 Å². The fourth-order valence-corrected chi connectivity index (χ4v) is 2.23. The first-order valence-corrected chi connectivity index (χ1v) is 6.84. The minimum absolute atomic E-state index is 0.132. The van der Waals surface area contributed by atoms with Crippen LogP contribution in [0.2, 0.25) is 0 Å². The number of aromatic nitrogens is 2. The second kappa shape index (κ2) is 4.81. The van der Waals surface area contributed by atoms with E-state index >= 15 is 0 Å². The number of furan rings is 1. The smallest absolute Gasteiger partial charge is 0.293 e. The third-order valence-electron chi connectivity index (χ3n) is 2.11. The Morgan fingerprint density at radius 1 is 1.44 bits per heavy atom. The largest absolute Gasteiger partial charge is 0.444 e. The van der Waals surface area contributed by atoms with Gasteiger partial charge in [0.2, 0.25) is 5.13 Å². The molecule has 0 saturated carbocycles. The first-order chi connectivity index (χ1) is 8.36. The third-order valence-corrected chi connectivity index (χ3v) is 3.17. The molecule has 0 aliphatic carbocycles. The van der Waals surface area contributed by atoms with Crippen molar-refractivity contribution in [2.45, 2.75) is 26.2 Å². The van der Waals surface area contributed by atoms with Crippen LogP contribution in [0.1, 0.15) is 37.2 Å². The minimum Gasteiger partial charge on any atom is -0.444 e. The summed E-state index contributed by atoms with van der Waals surface area (Å²) in [5.74, 6) is 0.607. The molecule has 0 unspecified atom stereocenters. The van der Waals surface area contributed by atoms with Crippen LogP contribution < -0.4 is 5.32 Å². The van der Waals surface area contributed by atoms with E-state index in [-0.39, 0.29) is 17.1 Å². The molecule has 0 bridgehead atoms. The number of nitrogens with one attached hydrogen (secondary N) is 1. The Morgan fingerprint density at radius 2 is 2.17 bits per heavy atom. The molecule has 7 heteroatoms. The van der Waals surface area contributed by atoms with Crippen molar-refractivity contribution in [1.29, 1.82) is 0 Å². The highest BCUT2D eigenvalue weighted by Crippen LogP contribution is 2.23. The number of halogens is 1. The van der Waals surface area contributed by atoms with Crippen LogP contribution >= 0.6 is 27.5 Å². The second-order valence-corrected chi connectivity index (χ2v) is 6.26. The van der Waals surface area contributed by atoms with Crippen LogP contribution in [-0.4, -0.2) is 15.3 Å². The zero-order valence-corrected chi connectivity index (χ0v) is 12.6. The maximum absolute atomic E-state index is 11.8. The lowest BCUT2D eigenvalue weighted by Crippen LogP contribution is -2.14. The highest BCUT2D eigenvalue weighted by Gasteiger charge is 2.21. The Labute approximate surface area is 117 Å². The summed E-state index contributed by atoms with van der Waals surface area (Å²) in [4.78, 5) is 16.1. The number of hydrogen-bond acceptors (Lipinski definition) is 5. The van der Waals surface area contributed by atoms with Crippen LogP contribution in [0.3, 0.4) is 0 Å². The summed E-state index contributed by atoms with van der Waals surface area (Å²) >= 11 is 4.30. The Bertz CT molecular complexity index is 571. The lowest BCUT2D eigenvalue weighted by Gasteiger charge is -2.12. The maximum Gasteiger partial charge on any atom is 0.293 e. The highest BCUT2D eigenvalue weighted by atomic mass is 79.9. The van der Waals surface area contributed by atoms with Crippen LogP contribution in [0.4, 0.5) is 5.13 Å². The van der Waals surface area contributed by atoms with Crippen molar-refractivity contribution in [3.8, 4) is 0 Å². The van der Waals surface area contributed by atoms with Crippen molar-refractivity contribution in [3.05, 3.63) is 28.4 Å². The second-order valence-electron chi connectivity index (χ2n) is 4.73. The van der Waals surface area contributed by atoms with Gasteiger partial charge in [0.05, 0.1) is 0 Å². The van der Waals surface area contributed by atoms with Gasteiger partial charge in [0.25, 0.3) is 5.91 Å². The van der Waals surface area contributed by atoms with Gasteiger partial charge in [0, 0.05) is 16.9 Å². The molecule has 18 heavy (non-hydrogen) atoms. The Kier molecular flexibility index (Phi) is 3.54. The molecule has 2 heterocycles. The summed E-state index contributed by atoms with van der Waals surface area (Å²) in [5, 5.41) is 3.13. The molecule has 1 N–H and O–H groups in total. The molecule has 96 valence electrons. The molecule has 5 nitrogen and oxygen atoms in total. The molecular formula is C11H12BrN3O2S. The van der Waals surface area contributed by atoms with E-state index in [0.29, 0.717) is 15.6 Å². The first kappa shape index (κ1) is 13.2. The van der Waals surface area contributed by atoms with Crippen molar-refractivity contribution in [3.63, 3.8) is 0 Å². The van der Waals surface area contributed by atoms with Gasteiger partial charge in [-0.1, -0.05) is 20.8 Å². The van der Waals surface area contributed by atoms with E-state index in [1.807, 2.05) is 20.8 Å². The monoisotopic (exact) mass is 329 g/mol. The average molecular weight is 330 g/mol. The predicted octanol–water partition coefficient (Wildman–Crippen LogP) is 3.44. The average Bonchev–Trinajstić information content (AvgIpc) is 2.85. The van der Waals surface area contributed by atoms with Crippen LogP contribution in [0.15, 0.2) is 21.2 Å². The summed E-state index contributed by atoms with van der Waals surface area (Å²) in [6.07, 6.45) is 0. The number of carbonyl (C=O) groups excluding carboxylic acids is 1. The number of hydrogen-bond donors (Lipinski definition) is 1. The van der Waals surface area contributed by atoms with Crippen LogP contribution in [-0.2, 0) is 5.41 Å². The summed E-state index contributed by atoms with van der Waals surface area (Å²) in [5.41, 5.74) is -0.132. The Balaban J connectivity index is 2.10. The van der Waals surface area contributed by atoms with E-state index in [1.165, 1.54) is 0 Å². The van der Waals surface area contributed by atoms with Gasteiger partial charge < -0.3 is 4.42 Å². The van der Waals surface area contributed by atoms with Gasteiger partial charge in [-0.05, 0) is 28.1 Å². The number of amides is 1. The third kappa shape index (κ3) is 2.97. The summed E-state index contributed by atoms with van der Waals surface area (Å²) in [6.45, 7) is 6.05. The maximum atomic E-state index is 11.8. The fourth-order valence-electron chi connectivity index (χ4n) is 1.17. The molecule has 0 radical (unpaired) electrons. The summed E-state index contributed by atoms with van der Waals surface area (Å²) < 4.78 is 9.88. The zero-order valence-electron chi connectivity index (χ0n) is 10.2. The molecule has 2 aromatic heterocycles. The molecule has 0 aliphatic rings. The standard InChI is InChI=1S/C11H12BrN3O2S/c1-11(2,3)9-14-10(18-15-9)13-8(16)6-4-5-7(12)17-6/h4-5H,1-3H3,(H,13,14,15,16). The normalized spacial score (nSPS) is 11.6. The van der Waals surface area contributed by atoms with Crippen LogP contribution in [0, 0.1) is 0 Å². The Hall–Kier alpha value is -1.21. The molecule has 0 aromatic carbocycles. The van der Waals surface area contributed by atoms with Gasteiger partial charge in [-0.15, -0.1) is 0 Å². The topological polar surface area (TPSA) is 68.0 Å². The lowest BCUT2D eigenvalue weighted by atomic mass is 9.96. The molecule has 0 aliphatic heterocycles. The molecule has 0 fully saturated rings. The molecule has 0 atom stereocenters. The van der Waals surface area contributed by atoms with E-state index in [0.717, 1.165) is 11.5 Å². The summed E-state index contributed by atoms with van der Waals surface area (Å²) in [6, 6.07) is 3.25. The van der Waals surface area contributed by atoms with E-state index < -0.39 is 0 Å². The molecular weight excluding hydrogens is 318 g/mol. The molecule has 1 amide bonds. The van der Waals surface area contributed by atoms with Crippen molar-refractivity contribution in [2.75, 3.05) is 5.32 Å².